The molecule has 0 aliphatic carbocycles. The van der Waals surface area contributed by atoms with Crippen molar-refractivity contribution in [2.45, 2.75) is 13.8 Å². The van der Waals surface area contributed by atoms with Crippen molar-refractivity contribution >= 4 is 12.5 Å². The summed E-state index contributed by atoms with van der Waals surface area (Å²) in [6, 6.07) is 16.1. The lowest BCUT2D eigenvalue weighted by Crippen LogP contribution is -2.21. The van der Waals surface area contributed by atoms with E-state index in [0.717, 1.165) is 18.8 Å². The number of hydrogen-bond donors (Lipinski definition) is 2. The van der Waals surface area contributed by atoms with Crippen molar-refractivity contribution in [2.75, 3.05) is 18.0 Å². The van der Waals surface area contributed by atoms with Gasteiger partial charge in [0.15, 0.2) is 0 Å². The molecule has 0 radical (unpaired) electrons. The fourth-order valence-electron chi connectivity index (χ4n) is 1.71. The SMILES string of the molecule is C=O.CCN(CC)c1cccc(O)c1.Oc1ccccc1. The molecule has 2 aromatic carbocycles. The van der Waals surface area contributed by atoms with Gasteiger partial charge in [0, 0.05) is 24.8 Å². The first-order valence-corrected chi connectivity index (χ1v) is 6.74. The van der Waals surface area contributed by atoms with E-state index in [4.69, 9.17) is 9.90 Å². The molecule has 0 saturated carbocycles. The standard InChI is InChI=1S/C10H15NO.C6H6O.CH2O/c1-3-11(4-2)9-6-5-7-10(12)8-9;7-6-4-2-1-3-5-6;1-2/h5-8,12H,3-4H2,1-2H3;1-5,7H;1H2. The highest BCUT2D eigenvalue weighted by Crippen LogP contribution is 2.19. The second-order valence-corrected chi connectivity index (χ2v) is 4.03. The van der Waals surface area contributed by atoms with Crippen LogP contribution in [0.4, 0.5) is 5.69 Å². The predicted octanol–water partition coefficient (Wildman–Crippen LogP) is 3.45. The maximum Gasteiger partial charge on any atom is 0.117 e. The Kier molecular flexibility index (Phi) is 10.0. The summed E-state index contributed by atoms with van der Waals surface area (Å²) >= 11 is 0. The third kappa shape index (κ3) is 7.62. The number of hydrogen-bond acceptors (Lipinski definition) is 4. The normalized spacial score (nSPS) is 8.67. The van der Waals surface area contributed by atoms with Gasteiger partial charge in [-0.25, -0.2) is 0 Å². The van der Waals surface area contributed by atoms with Crippen molar-refractivity contribution in [2.24, 2.45) is 0 Å². The van der Waals surface area contributed by atoms with Crippen LogP contribution in [-0.4, -0.2) is 30.1 Å². The van der Waals surface area contributed by atoms with Crippen molar-refractivity contribution in [3.8, 4) is 11.5 Å². The highest BCUT2D eigenvalue weighted by Gasteiger charge is 2.00. The van der Waals surface area contributed by atoms with E-state index in [0.29, 0.717) is 11.5 Å². The van der Waals surface area contributed by atoms with Gasteiger partial charge in [0.1, 0.15) is 18.3 Å². The van der Waals surface area contributed by atoms with Crippen LogP contribution in [0.15, 0.2) is 54.6 Å². The summed E-state index contributed by atoms with van der Waals surface area (Å²) in [5, 5.41) is 17.9. The molecule has 114 valence electrons. The molecular formula is C17H23NO3. The summed E-state index contributed by atoms with van der Waals surface area (Å²) in [6.07, 6.45) is 0. The van der Waals surface area contributed by atoms with Gasteiger partial charge in [0.25, 0.3) is 0 Å². The van der Waals surface area contributed by atoms with Crippen molar-refractivity contribution in [3.05, 3.63) is 54.6 Å². The first-order chi connectivity index (χ1) is 10.2. The van der Waals surface area contributed by atoms with Crippen LogP contribution in [0, 0.1) is 0 Å². The van der Waals surface area contributed by atoms with Gasteiger partial charge in [0.2, 0.25) is 0 Å². The molecular weight excluding hydrogens is 266 g/mol. The van der Waals surface area contributed by atoms with Crippen LogP contribution in [0.5, 0.6) is 11.5 Å². The summed E-state index contributed by atoms with van der Waals surface area (Å²) in [5.41, 5.74) is 1.08. The van der Waals surface area contributed by atoms with E-state index in [-0.39, 0.29) is 0 Å². The molecule has 4 heteroatoms. The van der Waals surface area contributed by atoms with Crippen LogP contribution in [0.25, 0.3) is 0 Å². The van der Waals surface area contributed by atoms with E-state index in [1.807, 2.05) is 25.0 Å². The van der Waals surface area contributed by atoms with Gasteiger partial charge in [-0.15, -0.1) is 0 Å². The van der Waals surface area contributed by atoms with Crippen molar-refractivity contribution in [1.29, 1.82) is 0 Å². The molecule has 0 heterocycles. The summed E-state index contributed by atoms with van der Waals surface area (Å²) < 4.78 is 0. The van der Waals surface area contributed by atoms with E-state index in [2.05, 4.69) is 18.7 Å². The number of benzene rings is 2. The topological polar surface area (TPSA) is 60.8 Å². The minimum absolute atomic E-state index is 0.322. The van der Waals surface area contributed by atoms with Gasteiger partial charge in [-0.2, -0.15) is 0 Å². The molecule has 2 rings (SSSR count). The fraction of sp³-hybridized carbons (Fsp3) is 0.235. The fourth-order valence-corrected chi connectivity index (χ4v) is 1.71. The quantitative estimate of drug-likeness (QED) is 0.908. The maximum atomic E-state index is 9.23. The van der Waals surface area contributed by atoms with Crippen LogP contribution >= 0.6 is 0 Å². The van der Waals surface area contributed by atoms with Crippen LogP contribution in [0.1, 0.15) is 13.8 Å². The zero-order valence-electron chi connectivity index (χ0n) is 12.6. The molecule has 0 spiro atoms. The van der Waals surface area contributed by atoms with E-state index < -0.39 is 0 Å². The highest BCUT2D eigenvalue weighted by atomic mass is 16.3. The molecule has 0 unspecified atom stereocenters. The molecule has 0 atom stereocenters. The lowest BCUT2D eigenvalue weighted by atomic mass is 10.2. The molecule has 2 N–H and O–H groups in total. The predicted molar refractivity (Wildman–Crippen MR) is 86.9 cm³/mol. The third-order valence-corrected chi connectivity index (χ3v) is 2.71. The van der Waals surface area contributed by atoms with Gasteiger partial charge < -0.3 is 19.9 Å². The zero-order chi connectivity index (χ0) is 16.1. The minimum Gasteiger partial charge on any atom is -0.508 e. The first kappa shape index (κ1) is 18.5. The Labute approximate surface area is 126 Å². The Bertz CT molecular complexity index is 484. The highest BCUT2D eigenvalue weighted by molar-refractivity contribution is 5.50. The summed E-state index contributed by atoms with van der Waals surface area (Å²) in [7, 11) is 0. The average molecular weight is 289 g/mol. The molecule has 0 aliphatic rings. The lowest BCUT2D eigenvalue weighted by Gasteiger charge is -2.20. The van der Waals surface area contributed by atoms with Crippen LogP contribution in [0.3, 0.4) is 0 Å². The first-order valence-electron chi connectivity index (χ1n) is 6.74. The Morgan fingerprint density at radius 3 is 1.76 bits per heavy atom. The molecule has 21 heavy (non-hydrogen) atoms. The molecule has 0 fully saturated rings. The number of carbonyl (C=O) groups excluding carboxylic acids is 1. The third-order valence-electron chi connectivity index (χ3n) is 2.71. The van der Waals surface area contributed by atoms with Gasteiger partial charge >= 0.3 is 0 Å². The molecule has 0 aliphatic heterocycles. The van der Waals surface area contributed by atoms with E-state index in [9.17, 15) is 5.11 Å². The van der Waals surface area contributed by atoms with Crippen LogP contribution < -0.4 is 4.90 Å². The number of carbonyl (C=O) groups is 1. The van der Waals surface area contributed by atoms with Crippen molar-refractivity contribution in [3.63, 3.8) is 0 Å². The smallest absolute Gasteiger partial charge is 0.117 e. The summed E-state index contributed by atoms with van der Waals surface area (Å²) in [6.45, 7) is 8.15. The Hall–Kier alpha value is -2.49. The average Bonchev–Trinajstić information content (AvgIpc) is 2.52. The molecule has 0 aromatic heterocycles. The minimum atomic E-state index is 0.322. The lowest BCUT2D eigenvalue weighted by molar-refractivity contribution is -0.0979. The summed E-state index contributed by atoms with van der Waals surface area (Å²) in [5.74, 6) is 0.655. The molecule has 4 nitrogen and oxygen atoms in total. The number of para-hydroxylation sites is 1. The van der Waals surface area contributed by atoms with Crippen molar-refractivity contribution < 1.29 is 15.0 Å². The van der Waals surface area contributed by atoms with Gasteiger partial charge in [-0.05, 0) is 38.1 Å². The van der Waals surface area contributed by atoms with E-state index in [1.54, 1.807) is 36.4 Å². The largest absolute Gasteiger partial charge is 0.508 e. The molecule has 0 saturated heterocycles. The number of phenols is 2. The monoisotopic (exact) mass is 289 g/mol. The maximum absolute atomic E-state index is 9.23. The number of aromatic hydroxyl groups is 2. The summed E-state index contributed by atoms with van der Waals surface area (Å²) in [4.78, 5) is 10.2. The Morgan fingerprint density at radius 1 is 0.857 bits per heavy atom. The van der Waals surface area contributed by atoms with E-state index >= 15 is 0 Å². The second-order valence-electron chi connectivity index (χ2n) is 4.03. The molecule has 0 bridgehead atoms. The van der Waals surface area contributed by atoms with E-state index in [1.165, 1.54) is 0 Å². The zero-order valence-corrected chi connectivity index (χ0v) is 12.6. The van der Waals surface area contributed by atoms with Gasteiger partial charge in [0.05, 0.1) is 0 Å². The van der Waals surface area contributed by atoms with Crippen LogP contribution in [0.2, 0.25) is 0 Å². The second kappa shape index (κ2) is 11.3. The number of anilines is 1. The van der Waals surface area contributed by atoms with Crippen LogP contribution in [-0.2, 0) is 4.79 Å². The number of nitrogens with zero attached hydrogens (tertiary/aromatic N) is 1. The molecule has 2 aromatic rings. The molecule has 0 amide bonds. The Morgan fingerprint density at radius 2 is 1.38 bits per heavy atom. The number of phenolic OH excluding ortho intramolecular Hbond substituents is 2. The number of rotatable bonds is 3. The Balaban J connectivity index is 0.000000377. The van der Waals surface area contributed by atoms with Crippen molar-refractivity contribution in [1.82, 2.24) is 0 Å². The van der Waals surface area contributed by atoms with Gasteiger partial charge in [-0.3, -0.25) is 0 Å². The van der Waals surface area contributed by atoms with Gasteiger partial charge in [-0.1, -0.05) is 24.3 Å².